The molecule has 1 fully saturated rings. The maximum atomic E-state index is 12.9. The number of amides is 1. The van der Waals surface area contributed by atoms with E-state index in [-0.39, 0.29) is 18.1 Å². The fourth-order valence-corrected chi connectivity index (χ4v) is 3.92. The number of fused-ring (bicyclic) bond motifs is 1. The summed E-state index contributed by atoms with van der Waals surface area (Å²) in [5.41, 5.74) is 0.479. The van der Waals surface area contributed by atoms with E-state index >= 15 is 0 Å². The van der Waals surface area contributed by atoms with Gasteiger partial charge < -0.3 is 19.1 Å². The van der Waals surface area contributed by atoms with E-state index in [4.69, 9.17) is 14.2 Å². The van der Waals surface area contributed by atoms with Crippen LogP contribution in [0.15, 0.2) is 36.7 Å². The monoisotopic (exact) mass is 382 g/mol. The van der Waals surface area contributed by atoms with Gasteiger partial charge >= 0.3 is 0 Å². The van der Waals surface area contributed by atoms with Crippen molar-refractivity contribution in [3.8, 4) is 17.2 Å². The molecule has 4 rings (SSSR count). The Balaban J connectivity index is 1.54. The molecule has 0 bridgehead atoms. The van der Waals surface area contributed by atoms with E-state index in [1.165, 1.54) is 7.11 Å². The molecule has 1 saturated heterocycles. The minimum Gasteiger partial charge on any atom is -0.496 e. The predicted octanol–water partition coefficient (Wildman–Crippen LogP) is 2.74. The number of carbonyl (C=O) groups excluding carboxylic acids is 2. The molecule has 0 unspecified atom stereocenters. The van der Waals surface area contributed by atoms with Crippen LogP contribution < -0.4 is 14.2 Å². The number of ketones is 1. The number of methoxy groups -OCH3 is 2. The molecule has 2 aromatic rings. The number of carbonyl (C=O) groups is 2. The number of aromatic nitrogens is 1. The van der Waals surface area contributed by atoms with Crippen molar-refractivity contribution in [1.82, 2.24) is 9.88 Å². The highest BCUT2D eigenvalue weighted by molar-refractivity contribution is 6.03. The largest absolute Gasteiger partial charge is 0.496 e. The van der Waals surface area contributed by atoms with Gasteiger partial charge in [0.1, 0.15) is 28.4 Å². The summed E-state index contributed by atoms with van der Waals surface area (Å²) in [6.07, 6.45) is 4.68. The van der Waals surface area contributed by atoms with Crippen LogP contribution in [0, 0.1) is 0 Å². The van der Waals surface area contributed by atoms with Gasteiger partial charge in [-0.2, -0.15) is 0 Å². The molecule has 0 N–H and O–H groups in total. The topological polar surface area (TPSA) is 78.0 Å². The van der Waals surface area contributed by atoms with Gasteiger partial charge in [0.2, 0.25) is 0 Å². The quantitative estimate of drug-likeness (QED) is 0.812. The zero-order valence-corrected chi connectivity index (χ0v) is 15.9. The fourth-order valence-electron chi connectivity index (χ4n) is 3.92. The number of pyridine rings is 1. The van der Waals surface area contributed by atoms with Crippen molar-refractivity contribution in [3.63, 3.8) is 0 Å². The first kappa shape index (κ1) is 18.3. The maximum Gasteiger partial charge on any atom is 0.253 e. The molecular formula is C21H22N2O5. The SMILES string of the molecule is COc1cc(OC)c2c(c1)OC1(CCN(C(=O)c3ccncc3)CC1)CC2=O. The number of Topliss-reactive ketones (excluding diaryl/α,β-unsaturated/α-hetero) is 1. The van der Waals surface area contributed by atoms with Crippen LogP contribution in [0.4, 0.5) is 0 Å². The second-order valence-electron chi connectivity index (χ2n) is 7.12. The maximum absolute atomic E-state index is 12.9. The number of hydrogen-bond donors (Lipinski definition) is 0. The molecule has 0 atom stereocenters. The zero-order valence-electron chi connectivity index (χ0n) is 15.9. The normalized spacial score (nSPS) is 17.6. The number of rotatable bonds is 3. The van der Waals surface area contributed by atoms with Gasteiger partial charge in [0, 0.05) is 56.0 Å². The number of likely N-dealkylation sites (tertiary alicyclic amines) is 1. The molecule has 0 saturated carbocycles. The summed E-state index contributed by atoms with van der Waals surface area (Å²) in [6.45, 7) is 1.07. The van der Waals surface area contributed by atoms with Gasteiger partial charge in [0.15, 0.2) is 5.78 Å². The minimum atomic E-state index is -0.601. The molecule has 28 heavy (non-hydrogen) atoms. The van der Waals surface area contributed by atoms with Crippen LogP contribution in [0.25, 0.3) is 0 Å². The van der Waals surface area contributed by atoms with Crippen molar-refractivity contribution in [1.29, 1.82) is 0 Å². The van der Waals surface area contributed by atoms with E-state index in [2.05, 4.69) is 4.98 Å². The lowest BCUT2D eigenvalue weighted by atomic mass is 9.82. The second-order valence-corrected chi connectivity index (χ2v) is 7.12. The van der Waals surface area contributed by atoms with Crippen LogP contribution in [0.2, 0.25) is 0 Å². The number of ether oxygens (including phenoxy) is 3. The predicted molar refractivity (Wildman–Crippen MR) is 101 cm³/mol. The fraction of sp³-hybridized carbons (Fsp3) is 0.381. The summed E-state index contributed by atoms with van der Waals surface area (Å²) in [5, 5.41) is 0. The molecule has 0 radical (unpaired) electrons. The van der Waals surface area contributed by atoms with Crippen LogP contribution in [0.1, 0.15) is 40.0 Å². The lowest BCUT2D eigenvalue weighted by Crippen LogP contribution is -2.52. The van der Waals surface area contributed by atoms with Crippen LogP contribution in [0.3, 0.4) is 0 Å². The molecule has 0 aliphatic carbocycles. The Morgan fingerprint density at radius 2 is 1.86 bits per heavy atom. The van der Waals surface area contributed by atoms with Crippen molar-refractivity contribution >= 4 is 11.7 Å². The van der Waals surface area contributed by atoms with Gasteiger partial charge in [-0.05, 0) is 12.1 Å². The summed E-state index contributed by atoms with van der Waals surface area (Å²) < 4.78 is 17.0. The summed E-state index contributed by atoms with van der Waals surface area (Å²) >= 11 is 0. The number of hydrogen-bond acceptors (Lipinski definition) is 6. The second kappa shape index (κ2) is 7.14. The van der Waals surface area contributed by atoms with E-state index in [1.807, 2.05) is 0 Å². The van der Waals surface area contributed by atoms with Gasteiger partial charge in [0.05, 0.1) is 20.6 Å². The van der Waals surface area contributed by atoms with Gasteiger partial charge in [-0.3, -0.25) is 14.6 Å². The summed E-state index contributed by atoms with van der Waals surface area (Å²) in [6, 6.07) is 6.84. The molecule has 1 aromatic heterocycles. The average Bonchev–Trinajstić information content (AvgIpc) is 2.73. The number of benzene rings is 1. The highest BCUT2D eigenvalue weighted by atomic mass is 16.5. The van der Waals surface area contributed by atoms with Gasteiger partial charge in [-0.15, -0.1) is 0 Å². The molecule has 2 aliphatic rings. The Labute approximate surface area is 163 Å². The van der Waals surface area contributed by atoms with Crippen molar-refractivity contribution in [2.45, 2.75) is 24.9 Å². The van der Waals surface area contributed by atoms with E-state index in [0.717, 1.165) is 0 Å². The minimum absolute atomic E-state index is 0.00494. The van der Waals surface area contributed by atoms with Crippen LogP contribution in [0.5, 0.6) is 17.2 Å². The molecule has 7 nitrogen and oxygen atoms in total. The Bertz CT molecular complexity index is 905. The lowest BCUT2D eigenvalue weighted by molar-refractivity contribution is -0.00610. The Hall–Kier alpha value is -3.09. The highest BCUT2D eigenvalue weighted by Gasteiger charge is 2.45. The first-order valence-corrected chi connectivity index (χ1v) is 9.23. The Kier molecular flexibility index (Phi) is 4.66. The molecular weight excluding hydrogens is 360 g/mol. The smallest absolute Gasteiger partial charge is 0.253 e. The van der Waals surface area contributed by atoms with Crippen LogP contribution in [-0.2, 0) is 0 Å². The van der Waals surface area contributed by atoms with Crippen LogP contribution >= 0.6 is 0 Å². The molecule has 146 valence electrons. The Morgan fingerprint density at radius 1 is 1.14 bits per heavy atom. The van der Waals surface area contributed by atoms with Gasteiger partial charge in [0.25, 0.3) is 5.91 Å². The molecule has 7 heteroatoms. The summed E-state index contributed by atoms with van der Waals surface area (Å²) in [4.78, 5) is 31.3. The van der Waals surface area contributed by atoms with E-state index < -0.39 is 5.60 Å². The van der Waals surface area contributed by atoms with E-state index in [1.54, 1.807) is 48.7 Å². The Morgan fingerprint density at radius 3 is 2.50 bits per heavy atom. The third kappa shape index (κ3) is 3.17. The lowest BCUT2D eigenvalue weighted by Gasteiger charge is -2.44. The molecule has 3 heterocycles. The van der Waals surface area contributed by atoms with Crippen molar-refractivity contribution in [2.24, 2.45) is 0 Å². The number of nitrogens with zero attached hydrogens (tertiary/aromatic N) is 2. The van der Waals surface area contributed by atoms with Gasteiger partial charge in [-0.1, -0.05) is 0 Å². The van der Waals surface area contributed by atoms with Crippen molar-refractivity contribution < 1.29 is 23.8 Å². The molecule has 2 aliphatic heterocycles. The zero-order chi connectivity index (χ0) is 19.7. The first-order valence-electron chi connectivity index (χ1n) is 9.23. The molecule has 1 spiro atoms. The summed E-state index contributed by atoms with van der Waals surface area (Å²) in [5.74, 6) is 1.49. The van der Waals surface area contributed by atoms with Crippen molar-refractivity contribution in [2.75, 3.05) is 27.3 Å². The third-order valence-corrected chi connectivity index (χ3v) is 5.47. The van der Waals surface area contributed by atoms with Crippen LogP contribution in [-0.4, -0.2) is 54.5 Å². The van der Waals surface area contributed by atoms with Gasteiger partial charge in [-0.25, -0.2) is 0 Å². The van der Waals surface area contributed by atoms with E-state index in [0.29, 0.717) is 54.3 Å². The third-order valence-electron chi connectivity index (χ3n) is 5.47. The van der Waals surface area contributed by atoms with E-state index in [9.17, 15) is 9.59 Å². The number of piperidine rings is 1. The summed E-state index contributed by atoms with van der Waals surface area (Å²) in [7, 11) is 3.08. The first-order chi connectivity index (χ1) is 13.5. The average molecular weight is 382 g/mol. The highest BCUT2D eigenvalue weighted by Crippen LogP contribution is 2.44. The van der Waals surface area contributed by atoms with Crippen molar-refractivity contribution in [3.05, 3.63) is 47.8 Å². The molecule has 1 amide bonds. The molecule has 1 aromatic carbocycles. The standard InChI is InChI=1S/C21H22N2O5/c1-26-15-11-17(27-2)19-16(24)13-21(28-18(19)12-15)5-9-23(10-6-21)20(25)14-3-7-22-8-4-14/h3-4,7-8,11-12H,5-6,9-10,13H2,1-2H3.